The molecule has 0 fully saturated rings. The molecule has 228 valence electrons. The Hall–Kier alpha value is -4.06. The second-order valence-electron chi connectivity index (χ2n) is 13.3. The first-order valence-electron chi connectivity index (χ1n) is 15.4. The summed E-state index contributed by atoms with van der Waals surface area (Å²) < 4.78 is 0. The average Bonchev–Trinajstić information content (AvgIpc) is 3.37. The minimum absolute atomic E-state index is 0.0286. The van der Waals surface area contributed by atoms with E-state index < -0.39 is 0 Å². The Balaban J connectivity index is 1.55. The SMILES string of the molecule is CC(CC(=O)N(CC(=O)N(CCc1c[nH]c2ccccc12)Cc1ccc(N(C)C)cc1)Cc1ccccc1)CC(C)(C)C. The highest BCUT2D eigenvalue weighted by atomic mass is 16.2. The van der Waals surface area contributed by atoms with Crippen LogP contribution in [0, 0.1) is 11.3 Å². The van der Waals surface area contributed by atoms with Gasteiger partial charge in [-0.2, -0.15) is 0 Å². The van der Waals surface area contributed by atoms with Crippen LogP contribution < -0.4 is 4.90 Å². The molecule has 0 aliphatic carbocycles. The lowest BCUT2D eigenvalue weighted by atomic mass is 9.84. The molecule has 0 saturated carbocycles. The number of nitrogens with zero attached hydrogens (tertiary/aromatic N) is 3. The number of hydrogen-bond acceptors (Lipinski definition) is 3. The summed E-state index contributed by atoms with van der Waals surface area (Å²) in [7, 11) is 4.04. The lowest BCUT2D eigenvalue weighted by Crippen LogP contribution is -2.43. The van der Waals surface area contributed by atoms with Crippen molar-refractivity contribution in [3.8, 4) is 0 Å². The number of para-hydroxylation sites is 1. The summed E-state index contributed by atoms with van der Waals surface area (Å²) >= 11 is 0. The Morgan fingerprint density at radius 3 is 2.09 bits per heavy atom. The lowest BCUT2D eigenvalue weighted by molar-refractivity contribution is -0.142. The number of rotatable bonds is 13. The second-order valence-corrected chi connectivity index (χ2v) is 13.3. The van der Waals surface area contributed by atoms with Crippen molar-refractivity contribution >= 4 is 28.4 Å². The van der Waals surface area contributed by atoms with Crippen molar-refractivity contribution in [1.29, 1.82) is 0 Å². The summed E-state index contributed by atoms with van der Waals surface area (Å²) in [6.45, 7) is 10.3. The molecule has 4 aromatic rings. The van der Waals surface area contributed by atoms with Crippen molar-refractivity contribution in [2.45, 2.75) is 60.0 Å². The molecule has 1 N–H and O–H groups in total. The fraction of sp³-hybridized carbons (Fsp3) is 0.405. The van der Waals surface area contributed by atoms with Gasteiger partial charge in [0.15, 0.2) is 0 Å². The van der Waals surface area contributed by atoms with Gasteiger partial charge >= 0.3 is 0 Å². The highest BCUT2D eigenvalue weighted by Gasteiger charge is 2.25. The van der Waals surface area contributed by atoms with Crippen LogP contribution in [-0.2, 0) is 29.1 Å². The molecule has 0 saturated heterocycles. The Bertz CT molecular complexity index is 1470. The van der Waals surface area contributed by atoms with Crippen molar-refractivity contribution in [2.75, 3.05) is 32.1 Å². The highest BCUT2D eigenvalue weighted by Crippen LogP contribution is 2.27. The van der Waals surface area contributed by atoms with Gasteiger partial charge in [-0.25, -0.2) is 0 Å². The maximum Gasteiger partial charge on any atom is 0.242 e. The van der Waals surface area contributed by atoms with E-state index in [0.717, 1.165) is 35.2 Å². The van der Waals surface area contributed by atoms with Gasteiger partial charge < -0.3 is 19.7 Å². The fourth-order valence-electron chi connectivity index (χ4n) is 5.85. The number of aromatic nitrogens is 1. The van der Waals surface area contributed by atoms with E-state index in [1.165, 1.54) is 10.9 Å². The molecule has 6 heteroatoms. The third kappa shape index (κ3) is 9.47. The van der Waals surface area contributed by atoms with Gasteiger partial charge in [-0.05, 0) is 59.1 Å². The van der Waals surface area contributed by atoms with Crippen LogP contribution in [0.25, 0.3) is 10.9 Å². The third-order valence-corrected chi connectivity index (χ3v) is 7.88. The van der Waals surface area contributed by atoms with Gasteiger partial charge in [0, 0.05) is 62.9 Å². The molecule has 1 unspecified atom stereocenters. The zero-order valence-corrected chi connectivity index (χ0v) is 26.8. The molecular formula is C37H48N4O2. The average molecular weight is 581 g/mol. The summed E-state index contributed by atoms with van der Waals surface area (Å²) in [6.07, 6.45) is 4.14. The number of carbonyl (C=O) groups is 2. The van der Waals surface area contributed by atoms with Crippen LogP contribution in [0.15, 0.2) is 85.1 Å². The van der Waals surface area contributed by atoms with E-state index in [1.807, 2.05) is 67.7 Å². The zero-order valence-electron chi connectivity index (χ0n) is 26.8. The standard InChI is InChI=1S/C37H48N4O2/c1-28(23-37(2,3)4)22-35(42)41(26-29-12-8-7-9-13-29)27-36(43)40(25-30-16-18-32(19-17-30)39(5)6)21-20-31-24-38-34-15-11-10-14-33(31)34/h7-19,24,28,38H,20-23,25-27H2,1-6H3. The number of hydrogen-bond donors (Lipinski definition) is 1. The Morgan fingerprint density at radius 1 is 0.791 bits per heavy atom. The molecular weight excluding hydrogens is 532 g/mol. The fourth-order valence-corrected chi connectivity index (χ4v) is 5.85. The number of aromatic amines is 1. The third-order valence-electron chi connectivity index (χ3n) is 7.88. The van der Waals surface area contributed by atoms with Crippen molar-refractivity contribution in [1.82, 2.24) is 14.8 Å². The lowest BCUT2D eigenvalue weighted by Gasteiger charge is -2.30. The molecule has 0 aliphatic heterocycles. The van der Waals surface area contributed by atoms with E-state index in [0.29, 0.717) is 26.1 Å². The maximum absolute atomic E-state index is 14.1. The first kappa shape index (κ1) is 31.9. The highest BCUT2D eigenvalue weighted by molar-refractivity contribution is 5.85. The topological polar surface area (TPSA) is 59.7 Å². The number of benzene rings is 3. The number of anilines is 1. The van der Waals surface area contributed by atoms with E-state index >= 15 is 0 Å². The van der Waals surface area contributed by atoms with Crippen LogP contribution in [0.1, 0.15) is 57.2 Å². The minimum Gasteiger partial charge on any atom is -0.378 e. The predicted octanol–water partition coefficient (Wildman–Crippen LogP) is 7.30. The Labute approximate surface area is 257 Å². The van der Waals surface area contributed by atoms with E-state index in [1.54, 1.807) is 4.90 Å². The Morgan fingerprint density at radius 2 is 1.42 bits per heavy atom. The molecule has 43 heavy (non-hydrogen) atoms. The summed E-state index contributed by atoms with van der Waals surface area (Å²) in [5.41, 5.74) is 5.63. The van der Waals surface area contributed by atoms with Crippen LogP contribution in [-0.4, -0.2) is 53.8 Å². The number of carbonyl (C=O) groups excluding carboxylic acids is 2. The quantitative estimate of drug-likeness (QED) is 0.181. The molecule has 0 spiro atoms. The summed E-state index contributed by atoms with van der Waals surface area (Å²) in [4.78, 5) is 36.9. The molecule has 1 aromatic heterocycles. The van der Waals surface area contributed by atoms with Crippen LogP contribution in [0.2, 0.25) is 0 Å². The van der Waals surface area contributed by atoms with Crippen LogP contribution in [0.5, 0.6) is 0 Å². The van der Waals surface area contributed by atoms with E-state index in [9.17, 15) is 9.59 Å². The van der Waals surface area contributed by atoms with Gasteiger partial charge in [0.25, 0.3) is 0 Å². The van der Waals surface area contributed by atoms with E-state index in [4.69, 9.17) is 0 Å². The van der Waals surface area contributed by atoms with Gasteiger partial charge in [-0.15, -0.1) is 0 Å². The second kappa shape index (κ2) is 14.4. The molecule has 0 bridgehead atoms. The van der Waals surface area contributed by atoms with Crippen molar-refractivity contribution in [3.63, 3.8) is 0 Å². The van der Waals surface area contributed by atoms with Crippen LogP contribution in [0.3, 0.4) is 0 Å². The molecule has 0 radical (unpaired) electrons. The van der Waals surface area contributed by atoms with Gasteiger partial charge in [0.2, 0.25) is 11.8 Å². The zero-order chi connectivity index (χ0) is 31.0. The van der Waals surface area contributed by atoms with Gasteiger partial charge in [0.05, 0.1) is 0 Å². The molecule has 1 atom stereocenters. The maximum atomic E-state index is 14.1. The van der Waals surface area contributed by atoms with Gasteiger partial charge in [-0.1, -0.05) is 88.4 Å². The molecule has 1 heterocycles. The molecule has 0 aliphatic rings. The number of nitrogens with one attached hydrogen (secondary N) is 1. The van der Waals surface area contributed by atoms with Gasteiger partial charge in [-0.3, -0.25) is 9.59 Å². The normalized spacial score (nSPS) is 12.2. The van der Waals surface area contributed by atoms with E-state index in [2.05, 4.69) is 74.0 Å². The van der Waals surface area contributed by atoms with Crippen molar-refractivity contribution in [3.05, 3.63) is 102 Å². The largest absolute Gasteiger partial charge is 0.378 e. The van der Waals surface area contributed by atoms with Crippen molar-refractivity contribution < 1.29 is 9.59 Å². The summed E-state index contributed by atoms with van der Waals surface area (Å²) in [5.74, 6) is 0.221. The van der Waals surface area contributed by atoms with Crippen LogP contribution in [0.4, 0.5) is 5.69 Å². The molecule has 4 rings (SSSR count). The molecule has 2 amide bonds. The van der Waals surface area contributed by atoms with Crippen LogP contribution >= 0.6 is 0 Å². The first-order chi connectivity index (χ1) is 20.5. The number of amides is 2. The first-order valence-corrected chi connectivity index (χ1v) is 15.4. The Kier molecular flexibility index (Phi) is 10.7. The van der Waals surface area contributed by atoms with Crippen molar-refractivity contribution in [2.24, 2.45) is 11.3 Å². The predicted molar refractivity (Wildman–Crippen MR) is 178 cm³/mol. The summed E-state index contributed by atoms with van der Waals surface area (Å²) in [5, 5.41) is 1.18. The van der Waals surface area contributed by atoms with E-state index in [-0.39, 0.29) is 29.7 Å². The summed E-state index contributed by atoms with van der Waals surface area (Å²) in [6, 6.07) is 26.6. The molecule has 6 nitrogen and oxygen atoms in total. The van der Waals surface area contributed by atoms with Gasteiger partial charge in [0.1, 0.15) is 6.54 Å². The minimum atomic E-state index is -0.0377. The molecule has 3 aromatic carbocycles. The smallest absolute Gasteiger partial charge is 0.242 e. The number of H-pyrrole nitrogens is 1. The number of fused-ring (bicyclic) bond motifs is 1. The monoisotopic (exact) mass is 580 g/mol.